The Kier molecular flexibility index (Phi) is 306. The van der Waals surface area contributed by atoms with Gasteiger partial charge in [0.25, 0.3) is 0 Å². The van der Waals surface area contributed by atoms with Crippen LogP contribution in [-0.2, 0) is 0 Å². The Labute approximate surface area is 60.2 Å². The minimum Gasteiger partial charge on any atom is -0.412 e. The summed E-state index contributed by atoms with van der Waals surface area (Å²) in [4.78, 5) is 0. The molecule has 2 N–H and O–H groups in total. The SMILES string of the molecule is C.O.[HH].[Mg].[Mg]. The van der Waals surface area contributed by atoms with E-state index in [1.54, 1.807) is 0 Å². The van der Waals surface area contributed by atoms with Gasteiger partial charge in [-0.25, -0.2) is 0 Å². The second-order valence-electron chi connectivity index (χ2n) is 0. The van der Waals surface area contributed by atoms with Crippen LogP contribution < -0.4 is 0 Å². The van der Waals surface area contributed by atoms with Crippen LogP contribution in [0.3, 0.4) is 0 Å². The van der Waals surface area contributed by atoms with Gasteiger partial charge in [0, 0.05) is 47.5 Å². The molecule has 0 aromatic carbocycles. The van der Waals surface area contributed by atoms with Crippen LogP contribution in [0.5, 0.6) is 0 Å². The Balaban J connectivity index is 0. The Morgan fingerprint density at radius 3 is 1.00 bits per heavy atom. The highest BCUT2D eigenvalue weighted by molar-refractivity contribution is 5.76. The normalized spacial score (nSPS) is 0. The van der Waals surface area contributed by atoms with Crippen molar-refractivity contribution in [1.82, 2.24) is 0 Å². The smallest absolute Gasteiger partial charge is 0 e. The maximum Gasteiger partial charge on any atom is 0 e. The first-order chi connectivity index (χ1) is 0. The summed E-state index contributed by atoms with van der Waals surface area (Å²) in [5, 5.41) is 0. The Morgan fingerprint density at radius 1 is 1.00 bits per heavy atom. The van der Waals surface area contributed by atoms with E-state index in [1.807, 2.05) is 0 Å². The molecule has 0 amide bonds. The van der Waals surface area contributed by atoms with Crippen molar-refractivity contribution in [3.05, 3.63) is 0 Å². The number of hydrogen-bond acceptors (Lipinski definition) is 0. The van der Waals surface area contributed by atoms with Crippen LogP contribution in [0.1, 0.15) is 8.85 Å². The summed E-state index contributed by atoms with van der Waals surface area (Å²) in [6.07, 6.45) is 0. The van der Waals surface area contributed by atoms with Gasteiger partial charge in [0.15, 0.2) is 0 Å². The van der Waals surface area contributed by atoms with Crippen molar-refractivity contribution in [2.45, 2.75) is 7.43 Å². The predicted octanol–water partition coefficient (Wildman–Crippen LogP) is -0.704. The first-order valence-electron chi connectivity index (χ1n) is 0. The molecular weight excluding hydrogens is 76.6 g/mol. The molecule has 0 heterocycles. The number of hydrogen-bond donors (Lipinski definition) is 0. The second kappa shape index (κ2) is 24.6. The minimum atomic E-state index is 0. The molecule has 0 aliphatic rings. The molecule has 0 aromatic heterocycles. The largest absolute Gasteiger partial charge is 0.412 e. The van der Waals surface area contributed by atoms with E-state index in [4.69, 9.17) is 0 Å². The van der Waals surface area contributed by atoms with Crippen molar-refractivity contribution in [1.29, 1.82) is 0 Å². The fourth-order valence-corrected chi connectivity index (χ4v) is 0. The third kappa shape index (κ3) is 9.74. The predicted molar refractivity (Wildman–Crippen MR) is 24.0 cm³/mol. The monoisotopic (exact) mass is 84.0 g/mol. The molecule has 0 spiro atoms. The zero-order valence-corrected chi connectivity index (χ0v) is 4.74. The summed E-state index contributed by atoms with van der Waals surface area (Å²) in [5.41, 5.74) is 0. The van der Waals surface area contributed by atoms with Crippen molar-refractivity contribution in [2.24, 2.45) is 0 Å². The van der Waals surface area contributed by atoms with Crippen LogP contribution >= 0.6 is 0 Å². The van der Waals surface area contributed by atoms with Gasteiger partial charge in [-0.2, -0.15) is 0 Å². The van der Waals surface area contributed by atoms with E-state index in [0.717, 1.165) is 0 Å². The van der Waals surface area contributed by atoms with E-state index in [2.05, 4.69) is 0 Å². The Bertz CT molecular complexity index is 9.61. The van der Waals surface area contributed by atoms with Crippen molar-refractivity contribution in [2.75, 3.05) is 0 Å². The van der Waals surface area contributed by atoms with Gasteiger partial charge in [-0.15, -0.1) is 0 Å². The van der Waals surface area contributed by atoms with Crippen molar-refractivity contribution in [3.8, 4) is 0 Å². The molecule has 4 radical (unpaired) electrons. The van der Waals surface area contributed by atoms with Crippen LogP contribution in [0, 0.1) is 0 Å². The van der Waals surface area contributed by atoms with Gasteiger partial charge < -0.3 is 5.48 Å². The summed E-state index contributed by atoms with van der Waals surface area (Å²) in [7, 11) is 0. The van der Waals surface area contributed by atoms with Crippen LogP contribution in [0.15, 0.2) is 0 Å². The Morgan fingerprint density at radius 2 is 1.00 bits per heavy atom. The highest BCUT2D eigenvalue weighted by atomic mass is 24.3. The van der Waals surface area contributed by atoms with Gasteiger partial charge in [-0.1, -0.05) is 7.43 Å². The van der Waals surface area contributed by atoms with E-state index in [9.17, 15) is 0 Å². The van der Waals surface area contributed by atoms with E-state index < -0.39 is 0 Å². The van der Waals surface area contributed by atoms with Gasteiger partial charge in [-0.05, 0) is 0 Å². The van der Waals surface area contributed by atoms with Gasteiger partial charge in [0.1, 0.15) is 0 Å². The third-order valence-corrected chi connectivity index (χ3v) is 0. The van der Waals surface area contributed by atoms with Crippen molar-refractivity contribution >= 4 is 46.1 Å². The standard InChI is InChI=1S/CH4.2Mg.H2O.H2/h1H4;;;1H2;1H. The molecular formula is CH8Mg2O. The summed E-state index contributed by atoms with van der Waals surface area (Å²) in [5.74, 6) is 0. The van der Waals surface area contributed by atoms with E-state index in [1.165, 1.54) is 0 Å². The highest BCUT2D eigenvalue weighted by Gasteiger charge is 0.00103. The molecule has 0 aliphatic heterocycles. The van der Waals surface area contributed by atoms with Crippen molar-refractivity contribution in [3.63, 3.8) is 0 Å². The topological polar surface area (TPSA) is 31.5 Å². The lowest BCUT2D eigenvalue weighted by Crippen LogP contribution is -0.382. The van der Waals surface area contributed by atoms with Gasteiger partial charge >= 0.3 is 0 Å². The lowest BCUT2D eigenvalue weighted by molar-refractivity contribution is 0.824. The second-order valence-corrected chi connectivity index (χ2v) is 0. The lowest BCUT2D eigenvalue weighted by Gasteiger charge is -0.412. The average molecular weight is 84.7 g/mol. The maximum absolute atomic E-state index is 0. The molecule has 0 atom stereocenters. The van der Waals surface area contributed by atoms with Crippen LogP contribution in [0.25, 0.3) is 0 Å². The first-order valence-corrected chi connectivity index (χ1v) is 0. The number of rotatable bonds is 0. The van der Waals surface area contributed by atoms with E-state index in [0.29, 0.717) is 0 Å². The summed E-state index contributed by atoms with van der Waals surface area (Å²) in [6, 6.07) is 0. The van der Waals surface area contributed by atoms with Crippen molar-refractivity contribution < 1.29 is 6.90 Å². The fraction of sp³-hybridized carbons (Fsp3) is 1.00. The van der Waals surface area contributed by atoms with Crippen LogP contribution in [0.2, 0.25) is 0 Å². The molecule has 1 nitrogen and oxygen atoms in total. The summed E-state index contributed by atoms with van der Waals surface area (Å²) in [6.45, 7) is 0. The molecule has 22 valence electrons. The van der Waals surface area contributed by atoms with E-state index >= 15 is 0 Å². The van der Waals surface area contributed by atoms with E-state index in [-0.39, 0.29) is 60.4 Å². The molecule has 0 fully saturated rings. The van der Waals surface area contributed by atoms with Gasteiger partial charge in [0.05, 0.1) is 0 Å². The quantitative estimate of drug-likeness (QED) is 0.348. The molecule has 3 heteroatoms. The zero-order valence-electron chi connectivity index (χ0n) is 1.91. The minimum absolute atomic E-state index is 0. The third-order valence-electron chi connectivity index (χ3n) is 0. The maximum atomic E-state index is 0. The summed E-state index contributed by atoms with van der Waals surface area (Å²) >= 11 is 0. The first kappa shape index (κ1) is 49.8. The Hall–Kier alpha value is 1.49. The van der Waals surface area contributed by atoms with Crippen LogP contribution in [0.4, 0.5) is 0 Å². The van der Waals surface area contributed by atoms with Crippen LogP contribution in [-0.4, -0.2) is 51.6 Å². The van der Waals surface area contributed by atoms with Gasteiger partial charge in [-0.3, -0.25) is 0 Å². The molecule has 0 saturated heterocycles. The molecule has 4 heavy (non-hydrogen) atoms. The summed E-state index contributed by atoms with van der Waals surface area (Å²) < 4.78 is 0. The molecule has 0 saturated carbocycles. The highest BCUT2D eigenvalue weighted by Crippen LogP contribution is 0.144. The molecule has 0 aliphatic carbocycles. The lowest BCUT2D eigenvalue weighted by atomic mass is 12.0. The molecule has 0 rings (SSSR count). The molecule has 0 unspecified atom stereocenters. The van der Waals surface area contributed by atoms with Gasteiger partial charge in [0.2, 0.25) is 0 Å². The fourth-order valence-electron chi connectivity index (χ4n) is 0. The molecule has 0 aromatic rings. The average Bonchev–Trinajstić information content (AvgIpc) is 0. The zero-order chi connectivity index (χ0) is 0. The molecule has 0 bridgehead atoms.